The number of hydrogen-bond acceptors (Lipinski definition) is 4. The number of rotatable bonds is 3. The van der Waals surface area contributed by atoms with E-state index in [1.807, 2.05) is 4.90 Å². The monoisotopic (exact) mass is 213 g/mol. The highest BCUT2D eigenvalue weighted by molar-refractivity contribution is 5.80. The Morgan fingerprint density at radius 1 is 1.60 bits per heavy atom. The first-order valence-electron chi connectivity index (χ1n) is 5.51. The molecule has 2 saturated heterocycles. The van der Waals surface area contributed by atoms with Crippen LogP contribution >= 0.6 is 0 Å². The molecule has 1 spiro atoms. The molecule has 4 N–H and O–H groups in total. The quantitative estimate of drug-likeness (QED) is 0.542. The van der Waals surface area contributed by atoms with Crippen LogP contribution in [0.1, 0.15) is 19.8 Å². The number of aliphatic hydroxyl groups excluding tert-OH is 1. The summed E-state index contributed by atoms with van der Waals surface area (Å²) in [4.78, 5) is 13.1. The standard InChI is InChI=1S/C10H19N3O2/c1-7(14)8(9(11)15)13-5-10(6-13)3-2-4-12-10/h7-8,12,14H,2-6H2,1H3,(H2,11,15)/t7-,8+/m1/s1. The van der Waals surface area contributed by atoms with Gasteiger partial charge in [0.2, 0.25) is 5.91 Å². The Morgan fingerprint density at radius 3 is 2.67 bits per heavy atom. The molecule has 2 rings (SSSR count). The fraction of sp³-hybridized carbons (Fsp3) is 0.900. The number of aliphatic hydroxyl groups is 1. The van der Waals surface area contributed by atoms with Crippen LogP contribution in [0.2, 0.25) is 0 Å². The average molecular weight is 213 g/mol. The van der Waals surface area contributed by atoms with Gasteiger partial charge in [-0.3, -0.25) is 9.69 Å². The van der Waals surface area contributed by atoms with E-state index in [-0.39, 0.29) is 5.54 Å². The van der Waals surface area contributed by atoms with Gasteiger partial charge in [0.1, 0.15) is 6.04 Å². The molecule has 0 bridgehead atoms. The highest BCUT2D eigenvalue weighted by Crippen LogP contribution is 2.31. The summed E-state index contributed by atoms with van der Waals surface area (Å²) in [6.45, 7) is 4.32. The summed E-state index contributed by atoms with van der Waals surface area (Å²) >= 11 is 0. The van der Waals surface area contributed by atoms with E-state index >= 15 is 0 Å². The maximum absolute atomic E-state index is 11.2. The fourth-order valence-corrected chi connectivity index (χ4v) is 2.79. The number of carbonyl (C=O) groups excluding carboxylic acids is 1. The molecule has 0 aromatic heterocycles. The molecule has 0 radical (unpaired) electrons. The van der Waals surface area contributed by atoms with Crippen molar-refractivity contribution in [3.8, 4) is 0 Å². The molecule has 5 nitrogen and oxygen atoms in total. The molecule has 0 aromatic rings. The zero-order chi connectivity index (χ0) is 11.1. The minimum atomic E-state index is -0.693. The minimum Gasteiger partial charge on any atom is -0.391 e. The number of likely N-dealkylation sites (tertiary alicyclic amines) is 1. The van der Waals surface area contributed by atoms with Gasteiger partial charge in [-0.2, -0.15) is 0 Å². The first-order valence-corrected chi connectivity index (χ1v) is 5.51. The zero-order valence-corrected chi connectivity index (χ0v) is 9.07. The Labute approximate surface area is 89.6 Å². The van der Waals surface area contributed by atoms with Gasteiger partial charge >= 0.3 is 0 Å². The Bertz CT molecular complexity index is 253. The smallest absolute Gasteiger partial charge is 0.237 e. The lowest BCUT2D eigenvalue weighted by Crippen LogP contribution is -2.72. The van der Waals surface area contributed by atoms with Gasteiger partial charge in [0.05, 0.1) is 6.10 Å². The molecule has 0 unspecified atom stereocenters. The predicted molar refractivity (Wildman–Crippen MR) is 56.2 cm³/mol. The Kier molecular flexibility index (Phi) is 2.70. The highest BCUT2D eigenvalue weighted by atomic mass is 16.3. The summed E-state index contributed by atoms with van der Waals surface area (Å²) in [5.74, 6) is -0.433. The van der Waals surface area contributed by atoms with Gasteiger partial charge in [-0.25, -0.2) is 0 Å². The van der Waals surface area contributed by atoms with Gasteiger partial charge in [-0.15, -0.1) is 0 Å². The fourth-order valence-electron chi connectivity index (χ4n) is 2.79. The summed E-state index contributed by atoms with van der Waals surface area (Å²) in [7, 11) is 0. The van der Waals surface area contributed by atoms with E-state index in [0.29, 0.717) is 0 Å². The van der Waals surface area contributed by atoms with Crippen LogP contribution in [0.15, 0.2) is 0 Å². The Morgan fingerprint density at radius 2 is 2.27 bits per heavy atom. The lowest BCUT2D eigenvalue weighted by molar-refractivity contribution is -0.132. The van der Waals surface area contributed by atoms with Crippen LogP contribution in [0.5, 0.6) is 0 Å². The normalized spacial score (nSPS) is 28.7. The molecule has 2 aliphatic rings. The van der Waals surface area contributed by atoms with Crippen LogP contribution in [-0.2, 0) is 4.79 Å². The number of amides is 1. The SMILES string of the molecule is C[C@@H](O)[C@@H](C(N)=O)N1CC2(CCCN2)C1. The number of hydrogen-bond donors (Lipinski definition) is 3. The van der Waals surface area contributed by atoms with E-state index in [9.17, 15) is 9.90 Å². The topological polar surface area (TPSA) is 78.6 Å². The number of primary amides is 1. The zero-order valence-electron chi connectivity index (χ0n) is 9.07. The Balaban J connectivity index is 1.94. The summed E-state index contributed by atoms with van der Waals surface area (Å²) in [5, 5.41) is 12.9. The molecular weight excluding hydrogens is 194 g/mol. The number of carbonyl (C=O) groups is 1. The molecule has 86 valence electrons. The van der Waals surface area contributed by atoms with E-state index in [1.165, 1.54) is 6.42 Å². The maximum atomic E-state index is 11.2. The van der Waals surface area contributed by atoms with Gasteiger partial charge in [0.25, 0.3) is 0 Å². The average Bonchev–Trinajstić information content (AvgIpc) is 2.50. The van der Waals surface area contributed by atoms with Gasteiger partial charge in [0, 0.05) is 18.6 Å². The van der Waals surface area contributed by atoms with Crippen LogP contribution < -0.4 is 11.1 Å². The molecule has 2 aliphatic heterocycles. The van der Waals surface area contributed by atoms with Crippen LogP contribution in [0, 0.1) is 0 Å². The largest absolute Gasteiger partial charge is 0.391 e. The molecule has 2 fully saturated rings. The van der Waals surface area contributed by atoms with Gasteiger partial charge < -0.3 is 16.2 Å². The van der Waals surface area contributed by atoms with Crippen molar-refractivity contribution < 1.29 is 9.90 Å². The van der Waals surface area contributed by atoms with Gasteiger partial charge in [-0.05, 0) is 26.3 Å². The first-order chi connectivity index (χ1) is 7.04. The maximum Gasteiger partial charge on any atom is 0.237 e. The second-order valence-corrected chi connectivity index (χ2v) is 4.80. The third kappa shape index (κ3) is 1.87. The highest BCUT2D eigenvalue weighted by Gasteiger charge is 2.48. The van der Waals surface area contributed by atoms with Crippen molar-refractivity contribution in [2.24, 2.45) is 5.73 Å². The van der Waals surface area contributed by atoms with Crippen molar-refractivity contribution >= 4 is 5.91 Å². The minimum absolute atomic E-state index is 0.197. The van der Waals surface area contributed by atoms with Crippen molar-refractivity contribution in [3.63, 3.8) is 0 Å². The number of nitrogens with two attached hydrogens (primary N) is 1. The Hall–Kier alpha value is -0.650. The van der Waals surface area contributed by atoms with Gasteiger partial charge in [0.15, 0.2) is 0 Å². The second-order valence-electron chi connectivity index (χ2n) is 4.80. The molecule has 0 saturated carbocycles. The van der Waals surface area contributed by atoms with Crippen molar-refractivity contribution in [1.82, 2.24) is 10.2 Å². The van der Waals surface area contributed by atoms with Crippen LogP contribution in [0.3, 0.4) is 0 Å². The predicted octanol–water partition coefficient (Wildman–Crippen LogP) is -1.34. The lowest BCUT2D eigenvalue weighted by atomic mass is 9.86. The molecule has 5 heteroatoms. The van der Waals surface area contributed by atoms with E-state index < -0.39 is 18.1 Å². The molecule has 0 aliphatic carbocycles. The van der Waals surface area contributed by atoms with Crippen molar-refractivity contribution in [3.05, 3.63) is 0 Å². The summed E-state index contributed by atoms with van der Waals surface area (Å²) in [5.41, 5.74) is 5.47. The van der Waals surface area contributed by atoms with Crippen LogP contribution in [0.25, 0.3) is 0 Å². The van der Waals surface area contributed by atoms with E-state index in [1.54, 1.807) is 6.92 Å². The number of nitrogens with one attached hydrogen (secondary N) is 1. The van der Waals surface area contributed by atoms with E-state index in [0.717, 1.165) is 26.1 Å². The first kappa shape index (κ1) is 10.9. The molecule has 0 aromatic carbocycles. The van der Waals surface area contributed by atoms with Crippen LogP contribution in [0.4, 0.5) is 0 Å². The molecule has 2 atom stereocenters. The summed E-state index contributed by atoms with van der Waals surface area (Å²) in [6, 6.07) is -0.530. The summed E-state index contributed by atoms with van der Waals surface area (Å²) in [6.07, 6.45) is 1.67. The summed E-state index contributed by atoms with van der Waals surface area (Å²) < 4.78 is 0. The lowest BCUT2D eigenvalue weighted by Gasteiger charge is -2.51. The molecular formula is C10H19N3O2. The molecule has 15 heavy (non-hydrogen) atoms. The second kappa shape index (κ2) is 3.73. The van der Waals surface area contributed by atoms with E-state index in [2.05, 4.69) is 5.32 Å². The van der Waals surface area contributed by atoms with Crippen molar-refractivity contribution in [2.75, 3.05) is 19.6 Å². The molecule has 2 heterocycles. The van der Waals surface area contributed by atoms with Crippen molar-refractivity contribution in [2.45, 2.75) is 37.5 Å². The third-order valence-electron chi connectivity index (χ3n) is 3.49. The van der Waals surface area contributed by atoms with E-state index in [4.69, 9.17) is 5.73 Å². The number of nitrogens with zero attached hydrogens (tertiary/aromatic N) is 1. The molecule has 1 amide bonds. The van der Waals surface area contributed by atoms with Gasteiger partial charge in [-0.1, -0.05) is 0 Å². The third-order valence-corrected chi connectivity index (χ3v) is 3.49. The van der Waals surface area contributed by atoms with Crippen LogP contribution in [-0.4, -0.2) is 53.2 Å². The van der Waals surface area contributed by atoms with Crippen molar-refractivity contribution in [1.29, 1.82) is 0 Å².